The molecule has 10 nitrogen and oxygen atoms in total. The highest BCUT2D eigenvalue weighted by atomic mass is 16.5. The Bertz CT molecular complexity index is 535. The van der Waals surface area contributed by atoms with Crippen molar-refractivity contribution < 1.29 is 33.8 Å². The van der Waals surface area contributed by atoms with Gasteiger partial charge in [0.15, 0.2) is 5.54 Å². The van der Waals surface area contributed by atoms with Crippen LogP contribution in [-0.4, -0.2) is 60.5 Å². The first-order chi connectivity index (χ1) is 10.5. The van der Waals surface area contributed by atoms with Crippen LogP contribution in [0.2, 0.25) is 0 Å². The molecule has 1 N–H and O–H groups in total. The van der Waals surface area contributed by atoms with E-state index < -0.39 is 23.9 Å². The first kappa shape index (κ1) is 19.1. The molecule has 0 amide bonds. The molecule has 0 fully saturated rings. The van der Waals surface area contributed by atoms with Gasteiger partial charge in [0.1, 0.15) is 6.61 Å². The third-order valence-electron chi connectivity index (χ3n) is 2.59. The Balaban J connectivity index is 5.15. The van der Waals surface area contributed by atoms with E-state index in [0.29, 0.717) is 0 Å². The fraction of sp³-hybridized carbons (Fsp3) is 0.583. The van der Waals surface area contributed by atoms with Crippen LogP contribution in [-0.2, 0) is 28.7 Å². The van der Waals surface area contributed by atoms with Gasteiger partial charge in [-0.3, -0.25) is 4.79 Å². The van der Waals surface area contributed by atoms with E-state index >= 15 is 0 Å². The molecule has 0 aromatic rings. The highest BCUT2D eigenvalue weighted by Gasteiger charge is 2.40. The van der Waals surface area contributed by atoms with Crippen LogP contribution in [0.5, 0.6) is 0 Å². The first-order valence-electron chi connectivity index (χ1n) is 6.07. The quantitative estimate of drug-likeness (QED) is 0.234. The number of ether oxygens (including phenoxy) is 1. The van der Waals surface area contributed by atoms with Gasteiger partial charge in [-0.2, -0.15) is 4.99 Å². The van der Waals surface area contributed by atoms with Gasteiger partial charge in [0.05, 0.1) is 13.1 Å². The third-order valence-corrected chi connectivity index (χ3v) is 2.59. The highest BCUT2D eigenvalue weighted by Crippen LogP contribution is 2.25. The molecule has 0 aromatic carbocycles. The van der Waals surface area contributed by atoms with Gasteiger partial charge >= 0.3 is 11.9 Å². The molecular formula is C12H13N3O7. The summed E-state index contributed by atoms with van der Waals surface area (Å²) in [5.41, 5.74) is -1.81. The van der Waals surface area contributed by atoms with Crippen molar-refractivity contribution in [3.8, 4) is 0 Å². The SMILES string of the molecule is O=C=NCCOC(=O)C(CCN=C=O)(CCC(=O)O)N=C=O. The summed E-state index contributed by atoms with van der Waals surface area (Å²) in [5.74, 6) is -2.19. The van der Waals surface area contributed by atoms with E-state index in [2.05, 4.69) is 15.0 Å². The predicted molar refractivity (Wildman–Crippen MR) is 69.3 cm³/mol. The van der Waals surface area contributed by atoms with Crippen molar-refractivity contribution in [1.29, 1.82) is 0 Å². The summed E-state index contributed by atoms with van der Waals surface area (Å²) >= 11 is 0. The van der Waals surface area contributed by atoms with Crippen molar-refractivity contribution in [2.45, 2.75) is 24.8 Å². The molecule has 0 aliphatic carbocycles. The maximum atomic E-state index is 12.1. The van der Waals surface area contributed by atoms with E-state index in [1.54, 1.807) is 0 Å². The van der Waals surface area contributed by atoms with E-state index in [-0.39, 0.29) is 32.5 Å². The number of carboxylic acids is 1. The van der Waals surface area contributed by atoms with Crippen LogP contribution >= 0.6 is 0 Å². The highest BCUT2D eigenvalue weighted by molar-refractivity contribution is 5.83. The lowest BCUT2D eigenvalue weighted by atomic mass is 9.90. The topological polar surface area (TPSA) is 152 Å². The van der Waals surface area contributed by atoms with Crippen LogP contribution in [0.15, 0.2) is 15.0 Å². The van der Waals surface area contributed by atoms with Crippen LogP contribution in [0.1, 0.15) is 19.3 Å². The second-order valence-electron chi connectivity index (χ2n) is 3.96. The molecule has 0 heterocycles. The number of hydrogen-bond acceptors (Lipinski definition) is 9. The smallest absolute Gasteiger partial charge is 0.335 e. The Morgan fingerprint density at radius 3 is 2.18 bits per heavy atom. The molecule has 0 rings (SSSR count). The van der Waals surface area contributed by atoms with Crippen LogP contribution in [0.25, 0.3) is 0 Å². The molecule has 0 spiro atoms. The first-order valence-corrected chi connectivity index (χ1v) is 6.07. The zero-order valence-corrected chi connectivity index (χ0v) is 11.5. The fourth-order valence-electron chi connectivity index (χ4n) is 1.54. The molecule has 0 aromatic heterocycles. The molecule has 0 bridgehead atoms. The Labute approximate surface area is 124 Å². The van der Waals surface area contributed by atoms with Crippen molar-refractivity contribution in [2.24, 2.45) is 15.0 Å². The van der Waals surface area contributed by atoms with Gasteiger partial charge in [-0.1, -0.05) is 0 Å². The van der Waals surface area contributed by atoms with Crippen molar-refractivity contribution in [3.05, 3.63) is 0 Å². The maximum Gasteiger partial charge on any atom is 0.335 e. The number of carbonyl (C=O) groups excluding carboxylic acids is 4. The monoisotopic (exact) mass is 311 g/mol. The Kier molecular flexibility index (Phi) is 9.38. The number of esters is 1. The van der Waals surface area contributed by atoms with E-state index in [1.165, 1.54) is 18.2 Å². The van der Waals surface area contributed by atoms with E-state index in [9.17, 15) is 24.0 Å². The zero-order chi connectivity index (χ0) is 16.8. The van der Waals surface area contributed by atoms with Gasteiger partial charge in [-0.25, -0.2) is 29.2 Å². The summed E-state index contributed by atoms with van der Waals surface area (Å²) in [7, 11) is 0. The van der Waals surface area contributed by atoms with Crippen molar-refractivity contribution >= 4 is 30.2 Å². The molecule has 1 unspecified atom stereocenters. The maximum absolute atomic E-state index is 12.1. The number of aliphatic imine (C=N–C) groups is 3. The van der Waals surface area contributed by atoms with E-state index in [0.717, 1.165) is 0 Å². The largest absolute Gasteiger partial charge is 0.481 e. The van der Waals surface area contributed by atoms with Gasteiger partial charge in [0, 0.05) is 12.8 Å². The molecule has 118 valence electrons. The summed E-state index contributed by atoms with van der Waals surface area (Å²) in [6.07, 6.45) is 2.69. The molecule has 0 saturated carbocycles. The summed E-state index contributed by atoms with van der Waals surface area (Å²) in [6, 6.07) is 0. The van der Waals surface area contributed by atoms with Crippen molar-refractivity contribution in [3.63, 3.8) is 0 Å². The number of carbonyl (C=O) groups is 2. The fourth-order valence-corrected chi connectivity index (χ4v) is 1.54. The molecule has 0 aliphatic rings. The molecule has 0 radical (unpaired) electrons. The van der Waals surface area contributed by atoms with Gasteiger partial charge in [-0.05, 0) is 6.42 Å². The molecule has 0 saturated heterocycles. The Morgan fingerprint density at radius 2 is 1.64 bits per heavy atom. The van der Waals surface area contributed by atoms with Gasteiger partial charge in [0.25, 0.3) is 0 Å². The second-order valence-corrected chi connectivity index (χ2v) is 3.96. The number of hydrogen-bond donors (Lipinski definition) is 1. The average molecular weight is 311 g/mol. The van der Waals surface area contributed by atoms with Crippen molar-refractivity contribution in [1.82, 2.24) is 0 Å². The summed E-state index contributed by atoms with van der Waals surface area (Å²) < 4.78 is 4.81. The summed E-state index contributed by atoms with van der Waals surface area (Å²) in [6.45, 7) is -0.606. The number of isocyanates is 3. The van der Waals surface area contributed by atoms with Crippen LogP contribution in [0.4, 0.5) is 0 Å². The lowest BCUT2D eigenvalue weighted by molar-refractivity contribution is -0.150. The normalized spacial score (nSPS) is 11.8. The minimum Gasteiger partial charge on any atom is -0.481 e. The Hall–Kier alpha value is -2.92. The molecule has 1 atom stereocenters. The standard InChI is InChI=1S/C12H13N3O7/c16-7-13-4-3-12(15-9-18,2-1-10(19)20)11(21)22-6-5-14-8-17/h1-6H2,(H,19,20). The number of rotatable bonds is 11. The van der Waals surface area contributed by atoms with Gasteiger partial charge in [-0.15, -0.1) is 0 Å². The van der Waals surface area contributed by atoms with Crippen molar-refractivity contribution in [2.75, 3.05) is 19.7 Å². The third kappa shape index (κ3) is 7.02. The molecular weight excluding hydrogens is 298 g/mol. The summed E-state index contributed by atoms with van der Waals surface area (Å²) in [4.78, 5) is 63.0. The molecule has 0 aliphatic heterocycles. The molecule has 10 heteroatoms. The van der Waals surface area contributed by atoms with E-state index in [4.69, 9.17) is 9.84 Å². The Morgan fingerprint density at radius 1 is 1.00 bits per heavy atom. The lowest BCUT2D eigenvalue weighted by Gasteiger charge is -2.24. The van der Waals surface area contributed by atoms with Crippen LogP contribution in [0, 0.1) is 0 Å². The lowest BCUT2D eigenvalue weighted by Crippen LogP contribution is -2.40. The second kappa shape index (κ2) is 10.8. The van der Waals surface area contributed by atoms with E-state index in [1.807, 2.05) is 0 Å². The summed E-state index contributed by atoms with van der Waals surface area (Å²) in [5, 5.41) is 8.71. The minimum absolute atomic E-state index is 0.137. The zero-order valence-electron chi connectivity index (χ0n) is 11.5. The molecule has 22 heavy (non-hydrogen) atoms. The van der Waals surface area contributed by atoms with Gasteiger partial charge in [0.2, 0.25) is 18.2 Å². The van der Waals surface area contributed by atoms with Crippen LogP contribution in [0.3, 0.4) is 0 Å². The number of aliphatic carboxylic acids is 1. The van der Waals surface area contributed by atoms with Crippen LogP contribution < -0.4 is 0 Å². The average Bonchev–Trinajstić information content (AvgIpc) is 2.49. The van der Waals surface area contributed by atoms with Gasteiger partial charge < -0.3 is 9.84 Å². The number of nitrogens with zero attached hydrogens (tertiary/aromatic N) is 3. The number of carboxylic acid groups (broad SMARTS) is 1. The minimum atomic E-state index is -1.81. The predicted octanol–water partition coefficient (Wildman–Crippen LogP) is -0.469.